The molecule has 0 bridgehead atoms. The van der Waals surface area contributed by atoms with Crippen molar-refractivity contribution >= 4 is 28.2 Å². The molecule has 128 valence electrons. The van der Waals surface area contributed by atoms with Crippen LogP contribution in [0.3, 0.4) is 0 Å². The average molecular weight is 338 g/mol. The number of thiophene rings is 1. The summed E-state index contributed by atoms with van der Waals surface area (Å²) in [4.78, 5) is 27.3. The van der Waals surface area contributed by atoms with Crippen LogP contribution >= 0.6 is 11.3 Å². The minimum Gasteiger partial charge on any atom is -0.465 e. The van der Waals surface area contributed by atoms with Crippen molar-refractivity contribution in [2.75, 3.05) is 26.0 Å². The molecular weight excluding hydrogens is 312 g/mol. The predicted molar refractivity (Wildman–Crippen MR) is 93.2 cm³/mol. The third kappa shape index (κ3) is 4.78. The van der Waals surface area contributed by atoms with Crippen molar-refractivity contribution in [1.29, 1.82) is 0 Å². The van der Waals surface area contributed by atoms with Crippen molar-refractivity contribution in [3.63, 3.8) is 0 Å². The van der Waals surface area contributed by atoms with Gasteiger partial charge in [-0.3, -0.25) is 9.69 Å². The largest absolute Gasteiger partial charge is 0.465 e. The number of carbonyl (C=O) groups excluding carboxylic acids is 2. The predicted octanol–water partition coefficient (Wildman–Crippen LogP) is 3.30. The molecule has 1 aliphatic rings. The van der Waals surface area contributed by atoms with E-state index in [1.807, 2.05) is 14.0 Å². The Kier molecular flexibility index (Phi) is 6.59. The quantitative estimate of drug-likeness (QED) is 0.809. The van der Waals surface area contributed by atoms with Crippen molar-refractivity contribution in [3.8, 4) is 0 Å². The molecule has 1 N–H and O–H groups in total. The van der Waals surface area contributed by atoms with Crippen molar-refractivity contribution in [2.24, 2.45) is 0 Å². The van der Waals surface area contributed by atoms with Gasteiger partial charge in [0.15, 0.2) is 0 Å². The van der Waals surface area contributed by atoms with Crippen LogP contribution in [-0.4, -0.2) is 43.5 Å². The number of aryl methyl sites for hydroxylation is 1. The van der Waals surface area contributed by atoms with Crippen LogP contribution in [0.1, 0.15) is 54.3 Å². The Morgan fingerprint density at radius 2 is 2.04 bits per heavy atom. The van der Waals surface area contributed by atoms with Crippen LogP contribution < -0.4 is 5.32 Å². The summed E-state index contributed by atoms with van der Waals surface area (Å²) in [7, 11) is 3.36. The van der Waals surface area contributed by atoms with Gasteiger partial charge in [0.25, 0.3) is 0 Å². The number of nitrogens with one attached hydrogen (secondary N) is 1. The van der Waals surface area contributed by atoms with Gasteiger partial charge >= 0.3 is 5.97 Å². The van der Waals surface area contributed by atoms with Gasteiger partial charge in [-0.05, 0) is 32.4 Å². The number of methoxy groups -OCH3 is 1. The fourth-order valence-corrected chi connectivity index (χ4v) is 4.01. The summed E-state index contributed by atoms with van der Waals surface area (Å²) in [5.41, 5.74) is 0.447. The molecule has 0 atom stereocenters. The van der Waals surface area contributed by atoms with Gasteiger partial charge in [0, 0.05) is 10.9 Å². The smallest absolute Gasteiger partial charge is 0.340 e. The Hall–Kier alpha value is -1.40. The van der Waals surface area contributed by atoms with E-state index in [9.17, 15) is 9.59 Å². The molecule has 1 aliphatic carbocycles. The Balaban J connectivity index is 1.99. The summed E-state index contributed by atoms with van der Waals surface area (Å²) in [6, 6.07) is 2.29. The standard InChI is InChI=1S/C17H26N2O3S/c1-4-13-10-14(17(21)22-3)16(23-13)18-15(20)11-19(2)12-8-6-5-7-9-12/h10,12H,4-9,11H2,1-3H3,(H,18,20). The molecular formula is C17H26N2O3S. The van der Waals surface area contributed by atoms with Gasteiger partial charge in [-0.25, -0.2) is 4.79 Å². The highest BCUT2D eigenvalue weighted by molar-refractivity contribution is 7.16. The highest BCUT2D eigenvalue weighted by atomic mass is 32.1. The maximum atomic E-state index is 12.3. The number of amides is 1. The lowest BCUT2D eigenvalue weighted by Gasteiger charge is -2.30. The number of ether oxygens (including phenoxy) is 1. The zero-order valence-electron chi connectivity index (χ0n) is 14.2. The van der Waals surface area contributed by atoms with Crippen LogP contribution in [-0.2, 0) is 16.0 Å². The summed E-state index contributed by atoms with van der Waals surface area (Å²) in [6.45, 7) is 2.37. The molecule has 0 saturated heterocycles. The number of hydrogen-bond donors (Lipinski definition) is 1. The molecule has 1 saturated carbocycles. The minimum absolute atomic E-state index is 0.0762. The Morgan fingerprint density at radius 1 is 1.35 bits per heavy atom. The van der Waals surface area contributed by atoms with Gasteiger partial charge in [0.1, 0.15) is 5.00 Å². The van der Waals surface area contributed by atoms with Gasteiger partial charge in [0.05, 0.1) is 19.2 Å². The number of carbonyl (C=O) groups is 2. The SMILES string of the molecule is CCc1cc(C(=O)OC)c(NC(=O)CN(C)C2CCCCC2)s1. The first-order valence-electron chi connectivity index (χ1n) is 8.26. The van der Waals surface area contributed by atoms with Crippen LogP contribution in [0, 0.1) is 0 Å². The van der Waals surface area contributed by atoms with Crippen molar-refractivity contribution in [2.45, 2.75) is 51.5 Å². The Labute approximate surface area is 142 Å². The van der Waals surface area contributed by atoms with Gasteiger partial charge in [-0.1, -0.05) is 26.2 Å². The number of nitrogens with zero attached hydrogens (tertiary/aromatic N) is 1. The van der Waals surface area contributed by atoms with E-state index in [0.717, 1.165) is 24.1 Å². The van der Waals surface area contributed by atoms with Crippen LogP contribution in [0.15, 0.2) is 6.07 Å². The summed E-state index contributed by atoms with van der Waals surface area (Å²) in [6.07, 6.45) is 6.94. The Morgan fingerprint density at radius 3 is 2.65 bits per heavy atom. The molecule has 5 nitrogen and oxygen atoms in total. The fraction of sp³-hybridized carbons (Fsp3) is 0.647. The topological polar surface area (TPSA) is 58.6 Å². The van der Waals surface area contributed by atoms with E-state index < -0.39 is 5.97 Å². The zero-order chi connectivity index (χ0) is 16.8. The second-order valence-electron chi connectivity index (χ2n) is 6.06. The molecule has 0 aromatic carbocycles. The monoisotopic (exact) mass is 338 g/mol. The van der Waals surface area contributed by atoms with Gasteiger partial charge in [-0.15, -0.1) is 11.3 Å². The van der Waals surface area contributed by atoms with Crippen molar-refractivity contribution in [1.82, 2.24) is 4.90 Å². The first-order chi connectivity index (χ1) is 11.0. The molecule has 1 aromatic rings. The molecule has 0 unspecified atom stereocenters. The molecule has 1 amide bonds. The molecule has 1 fully saturated rings. The van der Waals surface area contributed by atoms with Crippen molar-refractivity contribution in [3.05, 3.63) is 16.5 Å². The molecule has 1 aromatic heterocycles. The molecule has 0 spiro atoms. The minimum atomic E-state index is -0.406. The average Bonchev–Trinajstić information content (AvgIpc) is 2.97. The molecule has 23 heavy (non-hydrogen) atoms. The molecule has 0 aliphatic heterocycles. The van der Waals surface area contributed by atoms with E-state index in [2.05, 4.69) is 10.2 Å². The lowest BCUT2D eigenvalue weighted by Crippen LogP contribution is -2.39. The van der Waals surface area contributed by atoms with Gasteiger partial charge in [0.2, 0.25) is 5.91 Å². The first kappa shape index (κ1) is 17.9. The second kappa shape index (κ2) is 8.45. The lowest BCUT2D eigenvalue weighted by molar-refractivity contribution is -0.117. The van der Waals surface area contributed by atoms with E-state index in [1.54, 1.807) is 6.07 Å². The summed E-state index contributed by atoms with van der Waals surface area (Å²) < 4.78 is 4.80. The van der Waals surface area contributed by atoms with Crippen molar-refractivity contribution < 1.29 is 14.3 Å². The Bertz CT molecular complexity index is 550. The van der Waals surface area contributed by atoms with E-state index in [-0.39, 0.29) is 5.91 Å². The number of esters is 1. The summed E-state index contributed by atoms with van der Waals surface area (Å²) in [5.74, 6) is -0.482. The molecule has 0 radical (unpaired) electrons. The molecule has 1 heterocycles. The van der Waals surface area contributed by atoms with Crippen LogP contribution in [0.4, 0.5) is 5.00 Å². The molecule has 6 heteroatoms. The highest BCUT2D eigenvalue weighted by Crippen LogP contribution is 2.29. The molecule has 2 rings (SSSR count). The lowest BCUT2D eigenvalue weighted by atomic mass is 9.94. The van der Waals surface area contributed by atoms with Gasteiger partial charge < -0.3 is 10.1 Å². The number of hydrogen-bond acceptors (Lipinski definition) is 5. The first-order valence-corrected chi connectivity index (χ1v) is 9.08. The highest BCUT2D eigenvalue weighted by Gasteiger charge is 2.22. The van der Waals surface area contributed by atoms with E-state index in [1.165, 1.54) is 37.7 Å². The summed E-state index contributed by atoms with van der Waals surface area (Å²) >= 11 is 1.44. The third-order valence-electron chi connectivity index (χ3n) is 4.38. The zero-order valence-corrected chi connectivity index (χ0v) is 15.0. The van der Waals surface area contributed by atoms with E-state index in [4.69, 9.17) is 4.74 Å². The second-order valence-corrected chi connectivity index (χ2v) is 7.19. The number of likely N-dealkylation sites (N-methyl/N-ethyl adjacent to an activating group) is 1. The third-order valence-corrected chi connectivity index (χ3v) is 5.58. The van der Waals surface area contributed by atoms with Crippen LogP contribution in [0.5, 0.6) is 0 Å². The number of anilines is 1. The fourth-order valence-electron chi connectivity index (χ4n) is 3.01. The maximum absolute atomic E-state index is 12.3. The van der Waals surface area contributed by atoms with Gasteiger partial charge in [-0.2, -0.15) is 0 Å². The number of rotatable bonds is 6. The van der Waals surface area contributed by atoms with E-state index >= 15 is 0 Å². The summed E-state index contributed by atoms with van der Waals surface area (Å²) in [5, 5.41) is 3.48. The maximum Gasteiger partial charge on any atom is 0.340 e. The normalized spacial score (nSPS) is 15.7. The van der Waals surface area contributed by atoms with Crippen LogP contribution in [0.25, 0.3) is 0 Å². The van der Waals surface area contributed by atoms with Crippen LogP contribution in [0.2, 0.25) is 0 Å². The van der Waals surface area contributed by atoms with E-state index in [0.29, 0.717) is 23.2 Å².